The number of hydrogen-bond acceptors (Lipinski definition) is 4. The van der Waals surface area contributed by atoms with Crippen LogP contribution < -0.4 is 15.4 Å². The van der Waals surface area contributed by atoms with Crippen LogP contribution in [0.25, 0.3) is 0 Å². The second-order valence-electron chi connectivity index (χ2n) is 5.96. The number of carbonyl (C=O) groups is 1. The number of methoxy groups -OCH3 is 1. The van der Waals surface area contributed by atoms with E-state index in [0.29, 0.717) is 23.5 Å². The summed E-state index contributed by atoms with van der Waals surface area (Å²) in [6.45, 7) is 2.73. The number of benzene rings is 2. The molecule has 0 saturated carbocycles. The van der Waals surface area contributed by atoms with Crippen LogP contribution in [0.4, 0.5) is 11.4 Å². The third-order valence-electron chi connectivity index (χ3n) is 3.97. The number of para-hydroxylation sites is 2. The van der Waals surface area contributed by atoms with Crippen LogP contribution in [0, 0.1) is 6.92 Å². The fourth-order valence-electron chi connectivity index (χ4n) is 2.51. The lowest BCUT2D eigenvalue weighted by molar-refractivity contribution is 0.102. The highest BCUT2D eigenvalue weighted by atomic mass is 16.5. The number of aromatic nitrogens is 1. The Morgan fingerprint density at radius 2 is 1.85 bits per heavy atom. The summed E-state index contributed by atoms with van der Waals surface area (Å²) >= 11 is 0. The van der Waals surface area contributed by atoms with Crippen molar-refractivity contribution in [2.45, 2.75) is 13.5 Å². The number of rotatable bonds is 6. The van der Waals surface area contributed by atoms with Gasteiger partial charge in [0.15, 0.2) is 0 Å². The van der Waals surface area contributed by atoms with Crippen LogP contribution in [0.5, 0.6) is 5.75 Å². The number of amides is 1. The third-order valence-corrected chi connectivity index (χ3v) is 3.97. The summed E-state index contributed by atoms with van der Waals surface area (Å²) in [5.74, 6) is 0.378. The Kier molecular flexibility index (Phi) is 5.49. The number of nitrogens with zero attached hydrogens (tertiary/aromatic N) is 1. The lowest BCUT2D eigenvalue weighted by atomic mass is 10.1. The number of nitrogens with one attached hydrogen (secondary N) is 2. The standard InChI is InChI=1S/C21H21N3O2/c1-15-7-9-16(10-8-15)12-23-18-11-17(13-22-14-18)21(25)24-19-5-3-4-6-20(19)26-2/h3-11,13-14,23H,12H2,1-2H3,(H,24,25). The van der Waals surface area contributed by atoms with Crippen molar-refractivity contribution in [1.82, 2.24) is 4.98 Å². The predicted molar refractivity (Wildman–Crippen MR) is 104 cm³/mol. The Morgan fingerprint density at radius 3 is 2.62 bits per heavy atom. The second kappa shape index (κ2) is 8.16. The largest absolute Gasteiger partial charge is 0.495 e. The molecule has 0 aliphatic carbocycles. The first kappa shape index (κ1) is 17.5. The Labute approximate surface area is 153 Å². The van der Waals surface area contributed by atoms with Gasteiger partial charge in [-0.25, -0.2) is 0 Å². The first-order chi connectivity index (χ1) is 12.7. The van der Waals surface area contributed by atoms with Crippen molar-refractivity contribution in [3.05, 3.63) is 83.7 Å². The van der Waals surface area contributed by atoms with Crippen molar-refractivity contribution in [2.75, 3.05) is 17.7 Å². The molecule has 0 fully saturated rings. The zero-order valence-electron chi connectivity index (χ0n) is 14.8. The second-order valence-corrected chi connectivity index (χ2v) is 5.96. The summed E-state index contributed by atoms with van der Waals surface area (Å²) in [6, 6.07) is 17.4. The number of anilines is 2. The molecule has 0 radical (unpaired) electrons. The van der Waals surface area contributed by atoms with Gasteiger partial charge in [0.05, 0.1) is 24.0 Å². The van der Waals surface area contributed by atoms with Gasteiger partial charge in [-0.15, -0.1) is 0 Å². The van der Waals surface area contributed by atoms with Gasteiger partial charge < -0.3 is 15.4 Å². The molecule has 1 aromatic heterocycles. The summed E-state index contributed by atoms with van der Waals surface area (Å²) in [7, 11) is 1.57. The van der Waals surface area contributed by atoms with Gasteiger partial charge in [0.2, 0.25) is 0 Å². The molecular formula is C21H21N3O2. The minimum atomic E-state index is -0.235. The summed E-state index contributed by atoms with van der Waals surface area (Å²) in [4.78, 5) is 16.7. The Balaban J connectivity index is 1.68. The van der Waals surface area contributed by atoms with E-state index in [1.807, 2.05) is 12.1 Å². The zero-order chi connectivity index (χ0) is 18.4. The van der Waals surface area contributed by atoms with E-state index in [0.717, 1.165) is 5.69 Å². The third kappa shape index (κ3) is 4.39. The number of carbonyl (C=O) groups excluding carboxylic acids is 1. The minimum absolute atomic E-state index is 0.235. The maximum atomic E-state index is 12.5. The van der Waals surface area contributed by atoms with E-state index >= 15 is 0 Å². The fourth-order valence-corrected chi connectivity index (χ4v) is 2.51. The van der Waals surface area contributed by atoms with Crippen LogP contribution in [0.1, 0.15) is 21.5 Å². The average molecular weight is 347 g/mol. The lowest BCUT2D eigenvalue weighted by Crippen LogP contribution is -2.13. The van der Waals surface area contributed by atoms with Crippen molar-refractivity contribution in [3.8, 4) is 5.75 Å². The first-order valence-corrected chi connectivity index (χ1v) is 8.34. The molecule has 0 saturated heterocycles. The van der Waals surface area contributed by atoms with Crippen LogP contribution in [0.15, 0.2) is 67.0 Å². The number of ether oxygens (including phenoxy) is 1. The molecule has 3 aromatic rings. The van der Waals surface area contributed by atoms with Crippen molar-refractivity contribution >= 4 is 17.3 Å². The monoisotopic (exact) mass is 347 g/mol. The molecule has 2 N–H and O–H groups in total. The highest BCUT2D eigenvalue weighted by Gasteiger charge is 2.10. The maximum Gasteiger partial charge on any atom is 0.257 e. The highest BCUT2D eigenvalue weighted by Crippen LogP contribution is 2.24. The number of pyridine rings is 1. The molecule has 1 amide bonds. The minimum Gasteiger partial charge on any atom is -0.495 e. The van der Waals surface area contributed by atoms with Crippen LogP contribution in [-0.4, -0.2) is 18.0 Å². The van der Waals surface area contributed by atoms with E-state index in [1.165, 1.54) is 11.1 Å². The molecule has 0 spiro atoms. The van der Waals surface area contributed by atoms with Crippen molar-refractivity contribution in [2.24, 2.45) is 0 Å². The smallest absolute Gasteiger partial charge is 0.257 e. The van der Waals surface area contributed by atoms with Crippen LogP contribution in [0.3, 0.4) is 0 Å². The molecule has 0 aliphatic rings. The molecule has 132 valence electrons. The molecule has 0 bridgehead atoms. The molecule has 0 atom stereocenters. The van der Waals surface area contributed by atoms with E-state index in [-0.39, 0.29) is 5.91 Å². The quantitative estimate of drug-likeness (QED) is 0.699. The molecule has 0 unspecified atom stereocenters. The SMILES string of the molecule is COc1ccccc1NC(=O)c1cncc(NCc2ccc(C)cc2)c1. The van der Waals surface area contributed by atoms with Gasteiger partial charge in [-0.3, -0.25) is 9.78 Å². The van der Waals surface area contributed by atoms with Crippen LogP contribution in [0.2, 0.25) is 0 Å². The predicted octanol–water partition coefficient (Wildman–Crippen LogP) is 4.26. The van der Waals surface area contributed by atoms with Crippen molar-refractivity contribution in [3.63, 3.8) is 0 Å². The first-order valence-electron chi connectivity index (χ1n) is 8.34. The van der Waals surface area contributed by atoms with Crippen molar-refractivity contribution in [1.29, 1.82) is 0 Å². The van der Waals surface area contributed by atoms with E-state index in [4.69, 9.17) is 4.74 Å². The number of hydrogen-bond donors (Lipinski definition) is 2. The Morgan fingerprint density at radius 1 is 1.08 bits per heavy atom. The molecule has 5 nitrogen and oxygen atoms in total. The van der Waals surface area contributed by atoms with Crippen LogP contribution in [-0.2, 0) is 6.54 Å². The van der Waals surface area contributed by atoms with Gasteiger partial charge in [-0.1, -0.05) is 42.0 Å². The Bertz CT molecular complexity index is 892. The molecular weight excluding hydrogens is 326 g/mol. The molecule has 2 aromatic carbocycles. The average Bonchev–Trinajstić information content (AvgIpc) is 2.68. The van der Waals surface area contributed by atoms with Gasteiger partial charge in [-0.2, -0.15) is 0 Å². The van der Waals surface area contributed by atoms with Gasteiger partial charge in [0, 0.05) is 18.9 Å². The summed E-state index contributed by atoms with van der Waals surface area (Å²) in [6.07, 6.45) is 3.25. The van der Waals surface area contributed by atoms with Gasteiger partial charge in [0.25, 0.3) is 5.91 Å². The molecule has 1 heterocycles. The maximum absolute atomic E-state index is 12.5. The lowest BCUT2D eigenvalue weighted by Gasteiger charge is -2.11. The zero-order valence-corrected chi connectivity index (χ0v) is 14.8. The molecule has 0 aliphatic heterocycles. The van der Waals surface area contributed by atoms with Crippen LogP contribution >= 0.6 is 0 Å². The van der Waals surface area contributed by atoms with E-state index in [9.17, 15) is 4.79 Å². The summed E-state index contributed by atoms with van der Waals surface area (Å²) in [5.41, 5.74) is 4.28. The van der Waals surface area contributed by atoms with Gasteiger partial charge in [0.1, 0.15) is 5.75 Å². The molecule has 26 heavy (non-hydrogen) atoms. The molecule has 3 rings (SSSR count). The fraction of sp³-hybridized carbons (Fsp3) is 0.143. The highest BCUT2D eigenvalue weighted by molar-refractivity contribution is 6.05. The molecule has 5 heteroatoms. The summed E-state index contributed by atoms with van der Waals surface area (Å²) < 4.78 is 5.26. The normalized spacial score (nSPS) is 10.2. The Hall–Kier alpha value is -3.34. The van der Waals surface area contributed by atoms with E-state index in [2.05, 4.69) is 46.8 Å². The van der Waals surface area contributed by atoms with E-state index < -0.39 is 0 Å². The van der Waals surface area contributed by atoms with Gasteiger partial charge >= 0.3 is 0 Å². The van der Waals surface area contributed by atoms with E-state index in [1.54, 1.807) is 37.7 Å². The number of aryl methyl sites for hydroxylation is 1. The van der Waals surface area contributed by atoms with Gasteiger partial charge in [-0.05, 0) is 30.7 Å². The topological polar surface area (TPSA) is 63.2 Å². The van der Waals surface area contributed by atoms with Crippen molar-refractivity contribution < 1.29 is 9.53 Å². The summed E-state index contributed by atoms with van der Waals surface area (Å²) in [5, 5.41) is 6.15.